The van der Waals surface area contributed by atoms with Gasteiger partial charge in [-0.25, -0.2) is 4.98 Å². The Morgan fingerprint density at radius 3 is 2.50 bits per heavy atom. The fraction of sp³-hybridized carbons (Fsp3) is 0.235. The van der Waals surface area contributed by atoms with Crippen molar-refractivity contribution in [3.8, 4) is 0 Å². The van der Waals surface area contributed by atoms with Crippen LogP contribution in [0.25, 0.3) is 5.65 Å². The van der Waals surface area contributed by atoms with Gasteiger partial charge in [-0.3, -0.25) is 4.40 Å². The van der Waals surface area contributed by atoms with Crippen LogP contribution in [-0.4, -0.2) is 14.5 Å². The van der Waals surface area contributed by atoms with E-state index in [1.807, 2.05) is 29.5 Å². The average molecular weight is 266 g/mol. The van der Waals surface area contributed by atoms with Gasteiger partial charge in [0.15, 0.2) is 0 Å². The van der Waals surface area contributed by atoms with Gasteiger partial charge in [0.25, 0.3) is 0 Å². The summed E-state index contributed by atoms with van der Waals surface area (Å²) in [7, 11) is 0. The molecule has 102 valence electrons. The summed E-state index contributed by atoms with van der Waals surface area (Å²) in [5.74, 6) is 0. The number of pyridine rings is 1. The Morgan fingerprint density at radius 1 is 1.05 bits per heavy atom. The second-order valence-electron chi connectivity index (χ2n) is 5.19. The molecule has 3 aromatic rings. The molecule has 3 rings (SSSR count). The van der Waals surface area contributed by atoms with E-state index < -0.39 is 0 Å². The molecule has 0 bridgehead atoms. The fourth-order valence-corrected chi connectivity index (χ4v) is 2.58. The number of aliphatic hydroxyl groups excluding tert-OH is 1. The van der Waals surface area contributed by atoms with Crippen molar-refractivity contribution < 1.29 is 5.11 Å². The van der Waals surface area contributed by atoms with Gasteiger partial charge in [-0.05, 0) is 31.5 Å². The largest absolute Gasteiger partial charge is 0.390 e. The number of imidazole rings is 1. The summed E-state index contributed by atoms with van der Waals surface area (Å²) in [6.07, 6.45) is 0.747. The molecule has 0 amide bonds. The Morgan fingerprint density at radius 2 is 1.80 bits per heavy atom. The first-order chi connectivity index (χ1) is 9.69. The van der Waals surface area contributed by atoms with Gasteiger partial charge in [0, 0.05) is 12.1 Å². The van der Waals surface area contributed by atoms with Gasteiger partial charge in [-0.15, -0.1) is 0 Å². The smallest absolute Gasteiger partial charge is 0.137 e. The van der Waals surface area contributed by atoms with Crippen molar-refractivity contribution in [3.63, 3.8) is 0 Å². The molecule has 0 radical (unpaired) electrons. The minimum Gasteiger partial charge on any atom is -0.390 e. The van der Waals surface area contributed by atoms with E-state index in [1.54, 1.807) is 0 Å². The molecule has 3 nitrogen and oxygen atoms in total. The quantitative estimate of drug-likeness (QED) is 0.791. The minimum absolute atomic E-state index is 0.00716. The molecule has 2 aromatic heterocycles. The molecule has 3 heteroatoms. The maximum absolute atomic E-state index is 9.69. The number of aromatic nitrogens is 2. The van der Waals surface area contributed by atoms with Gasteiger partial charge < -0.3 is 5.11 Å². The number of nitrogens with zero attached hydrogens (tertiary/aromatic N) is 2. The van der Waals surface area contributed by atoms with E-state index in [0.717, 1.165) is 29.1 Å². The number of rotatable bonds is 3. The number of hydrogen-bond donors (Lipinski definition) is 1. The number of hydrogen-bond acceptors (Lipinski definition) is 2. The highest BCUT2D eigenvalue weighted by molar-refractivity contribution is 5.46. The highest BCUT2D eigenvalue weighted by atomic mass is 16.3. The van der Waals surface area contributed by atoms with E-state index in [1.165, 1.54) is 11.1 Å². The summed E-state index contributed by atoms with van der Waals surface area (Å²) < 4.78 is 2.03. The van der Waals surface area contributed by atoms with Crippen molar-refractivity contribution in [1.29, 1.82) is 0 Å². The Hall–Kier alpha value is -2.13. The molecular weight excluding hydrogens is 248 g/mol. The van der Waals surface area contributed by atoms with Crippen molar-refractivity contribution in [2.45, 2.75) is 26.9 Å². The van der Waals surface area contributed by atoms with Crippen LogP contribution in [0.3, 0.4) is 0 Å². The zero-order valence-electron chi connectivity index (χ0n) is 11.8. The average Bonchev–Trinajstić information content (AvgIpc) is 2.80. The lowest BCUT2D eigenvalue weighted by atomic mass is 10.1. The first kappa shape index (κ1) is 12.9. The molecular formula is C17H18N2O. The molecule has 1 N–H and O–H groups in total. The van der Waals surface area contributed by atoms with Gasteiger partial charge in [0.1, 0.15) is 5.65 Å². The van der Waals surface area contributed by atoms with Crippen LogP contribution in [0.2, 0.25) is 0 Å². The Kier molecular flexibility index (Phi) is 3.28. The van der Waals surface area contributed by atoms with Crippen molar-refractivity contribution in [2.24, 2.45) is 0 Å². The topological polar surface area (TPSA) is 37.5 Å². The van der Waals surface area contributed by atoms with Crippen molar-refractivity contribution in [1.82, 2.24) is 9.38 Å². The number of aryl methyl sites for hydroxylation is 2. The van der Waals surface area contributed by atoms with E-state index in [4.69, 9.17) is 0 Å². The van der Waals surface area contributed by atoms with Gasteiger partial charge >= 0.3 is 0 Å². The number of benzene rings is 1. The molecule has 0 fully saturated rings. The zero-order chi connectivity index (χ0) is 14.1. The maximum atomic E-state index is 9.69. The van der Waals surface area contributed by atoms with E-state index in [2.05, 4.69) is 36.2 Å². The lowest BCUT2D eigenvalue weighted by Crippen LogP contribution is -2.00. The van der Waals surface area contributed by atoms with E-state index >= 15 is 0 Å². The van der Waals surface area contributed by atoms with Crippen LogP contribution in [0.4, 0.5) is 0 Å². The molecule has 0 spiro atoms. The third kappa shape index (κ3) is 2.21. The van der Waals surface area contributed by atoms with Crippen LogP contribution in [0, 0.1) is 13.8 Å². The van der Waals surface area contributed by atoms with Crippen molar-refractivity contribution in [3.05, 3.63) is 70.7 Å². The van der Waals surface area contributed by atoms with E-state index in [0.29, 0.717) is 0 Å². The van der Waals surface area contributed by atoms with Crippen LogP contribution in [0.1, 0.15) is 28.2 Å². The third-order valence-electron chi connectivity index (χ3n) is 3.66. The van der Waals surface area contributed by atoms with Crippen molar-refractivity contribution >= 4 is 5.65 Å². The maximum Gasteiger partial charge on any atom is 0.137 e. The molecule has 2 heterocycles. The SMILES string of the molecule is Cc1ccc(Cc2nc3cccc(C)n3c2CO)cc1. The lowest BCUT2D eigenvalue weighted by Gasteiger charge is -2.05. The predicted octanol–water partition coefficient (Wildman–Crippen LogP) is 3.03. The van der Waals surface area contributed by atoms with Crippen LogP contribution in [0.15, 0.2) is 42.5 Å². The number of fused-ring (bicyclic) bond motifs is 1. The van der Waals surface area contributed by atoms with Gasteiger partial charge in [-0.2, -0.15) is 0 Å². The molecule has 0 saturated heterocycles. The van der Waals surface area contributed by atoms with Crippen LogP contribution < -0.4 is 0 Å². The lowest BCUT2D eigenvalue weighted by molar-refractivity contribution is 0.274. The molecule has 0 saturated carbocycles. The number of aliphatic hydroxyl groups is 1. The monoisotopic (exact) mass is 266 g/mol. The summed E-state index contributed by atoms with van der Waals surface area (Å²) in [4.78, 5) is 4.67. The predicted molar refractivity (Wildman–Crippen MR) is 79.8 cm³/mol. The molecule has 1 aromatic carbocycles. The van der Waals surface area contributed by atoms with Gasteiger partial charge in [0.2, 0.25) is 0 Å². The standard InChI is InChI=1S/C17H18N2O/c1-12-6-8-14(9-7-12)10-15-16(11-20)19-13(2)4-3-5-17(19)18-15/h3-9,20H,10-11H2,1-2H3. The minimum atomic E-state index is 0.00716. The molecule has 0 unspecified atom stereocenters. The summed E-state index contributed by atoms with van der Waals surface area (Å²) in [6.45, 7) is 4.12. The Bertz CT molecular complexity index is 742. The summed E-state index contributed by atoms with van der Waals surface area (Å²) in [5.41, 5.74) is 6.29. The molecule has 0 aliphatic rings. The third-order valence-corrected chi connectivity index (χ3v) is 3.66. The van der Waals surface area contributed by atoms with Crippen molar-refractivity contribution in [2.75, 3.05) is 0 Å². The highest BCUT2D eigenvalue weighted by Crippen LogP contribution is 2.19. The molecule has 0 aliphatic heterocycles. The normalized spacial score (nSPS) is 11.2. The van der Waals surface area contributed by atoms with E-state index in [9.17, 15) is 5.11 Å². The molecule has 20 heavy (non-hydrogen) atoms. The molecule has 0 atom stereocenters. The Balaban J connectivity index is 2.07. The zero-order valence-corrected chi connectivity index (χ0v) is 11.8. The van der Waals surface area contributed by atoms with E-state index in [-0.39, 0.29) is 6.61 Å². The second-order valence-corrected chi connectivity index (χ2v) is 5.19. The molecule has 0 aliphatic carbocycles. The Labute approximate surface area is 118 Å². The highest BCUT2D eigenvalue weighted by Gasteiger charge is 2.12. The van der Waals surface area contributed by atoms with Gasteiger partial charge in [-0.1, -0.05) is 35.9 Å². The van der Waals surface area contributed by atoms with Gasteiger partial charge in [0.05, 0.1) is 18.0 Å². The summed E-state index contributed by atoms with van der Waals surface area (Å²) >= 11 is 0. The second kappa shape index (κ2) is 5.10. The van der Waals surface area contributed by atoms with Crippen LogP contribution in [-0.2, 0) is 13.0 Å². The summed E-state index contributed by atoms with van der Waals surface area (Å²) in [5, 5.41) is 9.69. The van der Waals surface area contributed by atoms with Crippen LogP contribution in [0.5, 0.6) is 0 Å². The first-order valence-corrected chi connectivity index (χ1v) is 6.81. The fourth-order valence-electron chi connectivity index (χ4n) is 2.58. The van der Waals surface area contributed by atoms with Crippen LogP contribution >= 0.6 is 0 Å². The summed E-state index contributed by atoms with van der Waals surface area (Å²) in [6, 6.07) is 14.5. The first-order valence-electron chi connectivity index (χ1n) is 6.81.